The molecule has 0 aromatic carbocycles. The second kappa shape index (κ2) is 4.67. The molecule has 0 saturated carbocycles. The van der Waals surface area contributed by atoms with E-state index in [0.29, 0.717) is 6.61 Å². The summed E-state index contributed by atoms with van der Waals surface area (Å²) in [5, 5.41) is -0.408. The van der Waals surface area contributed by atoms with Gasteiger partial charge in [-0.1, -0.05) is 20.0 Å². The second-order valence-electron chi connectivity index (χ2n) is 3.01. The van der Waals surface area contributed by atoms with E-state index in [0.717, 1.165) is 12.7 Å². The average Bonchev–Trinajstić information content (AvgIpc) is 2.00. The van der Waals surface area contributed by atoms with Crippen LogP contribution in [0.4, 0.5) is 0 Å². The maximum absolute atomic E-state index is 10.8. The third kappa shape index (κ3) is 2.41. The van der Waals surface area contributed by atoms with Crippen LogP contribution in [0.25, 0.3) is 0 Å². The molecule has 0 rings (SSSR count). The first-order chi connectivity index (χ1) is 5.13. The van der Waals surface area contributed by atoms with Gasteiger partial charge < -0.3 is 9.53 Å². The van der Waals surface area contributed by atoms with Crippen LogP contribution in [0.1, 0.15) is 20.3 Å². The first kappa shape index (κ1) is 10.8. The summed E-state index contributed by atoms with van der Waals surface area (Å²) in [6, 6.07) is 0. The molecule has 0 heterocycles. The Kier molecular flexibility index (Phi) is 4.60. The SMILES string of the molecule is CCOC(C=O)(CC)[SiH](C)C. The van der Waals surface area contributed by atoms with E-state index < -0.39 is 14.0 Å². The number of rotatable bonds is 5. The van der Waals surface area contributed by atoms with E-state index >= 15 is 0 Å². The summed E-state index contributed by atoms with van der Waals surface area (Å²) in [4.78, 5) is 10.8. The van der Waals surface area contributed by atoms with Crippen molar-refractivity contribution in [1.82, 2.24) is 0 Å². The van der Waals surface area contributed by atoms with Crippen molar-refractivity contribution in [2.24, 2.45) is 0 Å². The summed E-state index contributed by atoms with van der Waals surface area (Å²) in [6.45, 7) is 8.88. The van der Waals surface area contributed by atoms with E-state index in [9.17, 15) is 4.79 Å². The zero-order valence-electron chi connectivity index (χ0n) is 7.89. The zero-order chi connectivity index (χ0) is 8.91. The molecular formula is C8H18O2Si. The van der Waals surface area contributed by atoms with E-state index in [1.165, 1.54) is 0 Å². The van der Waals surface area contributed by atoms with Gasteiger partial charge >= 0.3 is 0 Å². The second-order valence-corrected chi connectivity index (χ2v) is 6.30. The molecule has 0 aliphatic carbocycles. The molecule has 66 valence electrons. The quantitative estimate of drug-likeness (QED) is 0.465. The highest BCUT2D eigenvalue weighted by Gasteiger charge is 2.32. The van der Waals surface area contributed by atoms with Gasteiger partial charge in [0, 0.05) is 6.61 Å². The average molecular weight is 174 g/mol. The van der Waals surface area contributed by atoms with E-state index in [-0.39, 0.29) is 0 Å². The van der Waals surface area contributed by atoms with Gasteiger partial charge in [-0.3, -0.25) is 0 Å². The van der Waals surface area contributed by atoms with Crippen molar-refractivity contribution in [3.05, 3.63) is 0 Å². The highest BCUT2D eigenvalue weighted by atomic mass is 28.3. The first-order valence-electron chi connectivity index (χ1n) is 4.23. The monoisotopic (exact) mass is 174 g/mol. The molecule has 3 heteroatoms. The molecular weight excluding hydrogens is 156 g/mol. The van der Waals surface area contributed by atoms with Crippen LogP contribution in [-0.4, -0.2) is 26.9 Å². The first-order valence-corrected chi connectivity index (χ1v) is 7.12. The maximum atomic E-state index is 10.8. The molecule has 0 aliphatic rings. The van der Waals surface area contributed by atoms with Gasteiger partial charge in [-0.2, -0.15) is 0 Å². The summed E-state index contributed by atoms with van der Waals surface area (Å²) in [6.07, 6.45) is 1.81. The smallest absolute Gasteiger partial charge is 0.147 e. The van der Waals surface area contributed by atoms with Crippen molar-refractivity contribution in [3.63, 3.8) is 0 Å². The summed E-state index contributed by atoms with van der Waals surface area (Å²) in [7, 11) is -1.03. The minimum atomic E-state index is -1.03. The summed E-state index contributed by atoms with van der Waals surface area (Å²) >= 11 is 0. The topological polar surface area (TPSA) is 26.3 Å². The highest BCUT2D eigenvalue weighted by molar-refractivity contribution is 6.62. The van der Waals surface area contributed by atoms with Gasteiger partial charge in [-0.05, 0) is 13.3 Å². The zero-order valence-corrected chi connectivity index (χ0v) is 9.04. The predicted octanol–water partition coefficient (Wildman–Crippen LogP) is 1.40. The molecule has 0 spiro atoms. The van der Waals surface area contributed by atoms with Gasteiger partial charge in [-0.15, -0.1) is 0 Å². The van der Waals surface area contributed by atoms with Crippen LogP contribution in [0.2, 0.25) is 13.1 Å². The molecule has 0 aromatic heterocycles. The van der Waals surface area contributed by atoms with Crippen LogP contribution in [0.5, 0.6) is 0 Å². The maximum Gasteiger partial charge on any atom is 0.147 e. The molecule has 0 radical (unpaired) electrons. The minimum Gasteiger partial charge on any atom is -0.372 e. The van der Waals surface area contributed by atoms with Gasteiger partial charge in [0.05, 0.1) is 8.80 Å². The predicted molar refractivity (Wildman–Crippen MR) is 49.6 cm³/mol. The standard InChI is InChI=1S/C8H18O2Si/c1-5-8(7-9,10-6-2)11(3)4/h7,11H,5-6H2,1-4H3. The summed E-state index contributed by atoms with van der Waals surface area (Å²) in [5.74, 6) is 0. The molecule has 0 aromatic rings. The Labute approximate surface area is 70.5 Å². The Hall–Kier alpha value is -0.153. The minimum absolute atomic E-state index is 0.408. The highest BCUT2D eigenvalue weighted by Crippen LogP contribution is 2.16. The van der Waals surface area contributed by atoms with Gasteiger partial charge in [0.2, 0.25) is 0 Å². The number of hydrogen-bond donors (Lipinski definition) is 0. The molecule has 0 saturated heterocycles. The molecule has 0 fully saturated rings. The van der Waals surface area contributed by atoms with E-state index in [2.05, 4.69) is 13.1 Å². The number of ether oxygens (including phenoxy) is 1. The number of hydrogen-bond acceptors (Lipinski definition) is 2. The summed E-state index contributed by atoms with van der Waals surface area (Å²) in [5.41, 5.74) is 0. The Morgan fingerprint density at radius 3 is 2.09 bits per heavy atom. The molecule has 0 N–H and O–H groups in total. The molecule has 11 heavy (non-hydrogen) atoms. The van der Waals surface area contributed by atoms with Crippen molar-refractivity contribution >= 4 is 15.1 Å². The third-order valence-corrected chi connectivity index (χ3v) is 4.81. The van der Waals surface area contributed by atoms with Crippen LogP contribution in [0.3, 0.4) is 0 Å². The molecule has 0 bridgehead atoms. The normalized spacial score (nSPS) is 16.5. The van der Waals surface area contributed by atoms with Gasteiger partial charge in [-0.25, -0.2) is 0 Å². The van der Waals surface area contributed by atoms with Crippen molar-refractivity contribution < 1.29 is 9.53 Å². The van der Waals surface area contributed by atoms with Crippen LogP contribution >= 0.6 is 0 Å². The molecule has 0 aliphatic heterocycles. The van der Waals surface area contributed by atoms with Crippen LogP contribution in [-0.2, 0) is 9.53 Å². The lowest BCUT2D eigenvalue weighted by molar-refractivity contribution is -0.122. The Bertz CT molecular complexity index is 125. The fourth-order valence-electron chi connectivity index (χ4n) is 1.20. The van der Waals surface area contributed by atoms with Crippen molar-refractivity contribution in [2.45, 2.75) is 38.6 Å². The fourth-order valence-corrected chi connectivity index (χ4v) is 2.79. The van der Waals surface area contributed by atoms with Gasteiger partial charge in [0.15, 0.2) is 0 Å². The van der Waals surface area contributed by atoms with Crippen molar-refractivity contribution in [3.8, 4) is 0 Å². The van der Waals surface area contributed by atoms with Crippen LogP contribution in [0.15, 0.2) is 0 Å². The van der Waals surface area contributed by atoms with E-state index in [1.54, 1.807) is 0 Å². The number of aldehydes is 1. The Balaban J connectivity index is 4.32. The molecule has 0 amide bonds. The van der Waals surface area contributed by atoms with Gasteiger partial charge in [0.25, 0.3) is 0 Å². The lowest BCUT2D eigenvalue weighted by Crippen LogP contribution is -2.46. The van der Waals surface area contributed by atoms with Crippen LogP contribution < -0.4 is 0 Å². The van der Waals surface area contributed by atoms with Crippen molar-refractivity contribution in [2.75, 3.05) is 6.61 Å². The lowest BCUT2D eigenvalue weighted by atomic mass is 10.3. The van der Waals surface area contributed by atoms with Gasteiger partial charge in [0.1, 0.15) is 11.5 Å². The molecule has 1 atom stereocenters. The van der Waals surface area contributed by atoms with Crippen molar-refractivity contribution in [1.29, 1.82) is 0 Å². The third-order valence-electron chi connectivity index (χ3n) is 2.14. The van der Waals surface area contributed by atoms with Crippen LogP contribution in [0, 0.1) is 0 Å². The summed E-state index contributed by atoms with van der Waals surface area (Å²) < 4.78 is 5.48. The largest absolute Gasteiger partial charge is 0.372 e. The molecule has 1 unspecified atom stereocenters. The van der Waals surface area contributed by atoms with E-state index in [1.807, 2.05) is 13.8 Å². The number of carbonyl (C=O) groups excluding carboxylic acids is 1. The number of carbonyl (C=O) groups is 1. The lowest BCUT2D eigenvalue weighted by Gasteiger charge is -2.29. The Morgan fingerprint density at radius 1 is 1.45 bits per heavy atom. The molecule has 2 nitrogen and oxygen atoms in total. The fraction of sp³-hybridized carbons (Fsp3) is 0.875. The Morgan fingerprint density at radius 2 is 2.00 bits per heavy atom. The van der Waals surface area contributed by atoms with E-state index in [4.69, 9.17) is 4.74 Å².